The molecule has 0 fully saturated rings. The van der Waals surface area contributed by atoms with Crippen LogP contribution >= 0.6 is 0 Å². The van der Waals surface area contributed by atoms with Crippen LogP contribution in [-0.2, 0) is 0 Å². The molecule has 0 aliphatic heterocycles. The van der Waals surface area contributed by atoms with Gasteiger partial charge in [0.25, 0.3) is 0 Å². The average Bonchev–Trinajstić information content (AvgIpc) is 2.25. The Labute approximate surface area is 89.7 Å². The predicted molar refractivity (Wildman–Crippen MR) is 66.2 cm³/mol. The smallest absolute Gasteiger partial charge is 0.0630 e. The minimum atomic E-state index is 0.793. The maximum atomic E-state index is 4.09. The van der Waals surface area contributed by atoms with E-state index in [9.17, 15) is 0 Å². The summed E-state index contributed by atoms with van der Waals surface area (Å²) in [5, 5.41) is 1.83. The first-order valence-corrected chi connectivity index (χ1v) is 4.70. The Morgan fingerprint density at radius 2 is 2.07 bits per heavy atom. The number of pyridine rings is 1. The van der Waals surface area contributed by atoms with Gasteiger partial charge in [0.2, 0.25) is 0 Å². The van der Waals surface area contributed by atoms with Crippen LogP contribution in [0, 0.1) is 0 Å². The van der Waals surface area contributed by atoms with E-state index in [1.807, 2.05) is 42.5 Å². The van der Waals surface area contributed by atoms with Crippen molar-refractivity contribution in [3.63, 3.8) is 0 Å². The first kappa shape index (κ1) is 11.1. The molecule has 1 heterocycles. The standard InChI is InChI=1S/C13H14N2/c1-12-13(9-7-11-15-12)8-5-3-4-6-10-14-2/h3-11H,1H2,2H3/b5-3+,6-4-,13-8-,14-10-. The molecule has 0 saturated carbocycles. The third kappa shape index (κ3) is 4.18. The van der Waals surface area contributed by atoms with Crippen LogP contribution < -0.4 is 10.6 Å². The molecule has 0 spiro atoms. The van der Waals surface area contributed by atoms with Gasteiger partial charge in [-0.2, -0.15) is 0 Å². The average molecular weight is 198 g/mol. The molecule has 0 radical (unpaired) electrons. The molecule has 76 valence electrons. The van der Waals surface area contributed by atoms with Gasteiger partial charge in [-0.3, -0.25) is 9.98 Å². The van der Waals surface area contributed by atoms with Crippen molar-refractivity contribution in [2.24, 2.45) is 4.99 Å². The molecule has 1 rings (SSSR count). The Hall–Kier alpha value is -1.96. The summed E-state index contributed by atoms with van der Waals surface area (Å²) in [4.78, 5) is 7.92. The first-order chi connectivity index (χ1) is 7.34. The molecular weight excluding hydrogens is 184 g/mol. The summed E-state index contributed by atoms with van der Waals surface area (Å²) in [7, 11) is 1.74. The Morgan fingerprint density at radius 1 is 1.27 bits per heavy atom. The number of aliphatic imine (C=N–C) groups is 1. The van der Waals surface area contributed by atoms with Crippen LogP contribution in [0.1, 0.15) is 0 Å². The van der Waals surface area contributed by atoms with E-state index in [2.05, 4.69) is 16.6 Å². The van der Waals surface area contributed by atoms with Crippen LogP contribution in [-0.4, -0.2) is 18.2 Å². The highest BCUT2D eigenvalue weighted by molar-refractivity contribution is 5.71. The van der Waals surface area contributed by atoms with Crippen molar-refractivity contribution in [2.75, 3.05) is 7.05 Å². The zero-order chi connectivity index (χ0) is 10.9. The molecule has 1 aromatic heterocycles. The van der Waals surface area contributed by atoms with Gasteiger partial charge < -0.3 is 0 Å². The van der Waals surface area contributed by atoms with Crippen LogP contribution in [0.25, 0.3) is 12.7 Å². The fraction of sp³-hybridized carbons (Fsp3) is 0.0769. The largest absolute Gasteiger partial charge is 0.297 e. The van der Waals surface area contributed by atoms with E-state index in [0.717, 1.165) is 10.6 Å². The zero-order valence-corrected chi connectivity index (χ0v) is 8.80. The van der Waals surface area contributed by atoms with Crippen LogP contribution in [0.2, 0.25) is 0 Å². The van der Waals surface area contributed by atoms with Crippen molar-refractivity contribution in [2.45, 2.75) is 0 Å². The van der Waals surface area contributed by atoms with Crippen molar-refractivity contribution in [3.8, 4) is 0 Å². The number of aromatic nitrogens is 1. The van der Waals surface area contributed by atoms with Crippen molar-refractivity contribution in [3.05, 3.63) is 53.2 Å². The maximum Gasteiger partial charge on any atom is 0.0630 e. The van der Waals surface area contributed by atoms with E-state index in [1.54, 1.807) is 19.5 Å². The molecule has 1 aromatic rings. The second-order valence-corrected chi connectivity index (χ2v) is 2.88. The van der Waals surface area contributed by atoms with Crippen LogP contribution in [0.4, 0.5) is 0 Å². The third-order valence-electron chi connectivity index (χ3n) is 1.77. The number of nitrogens with zero attached hydrogens (tertiary/aromatic N) is 2. The van der Waals surface area contributed by atoms with Gasteiger partial charge in [0.1, 0.15) is 0 Å². The molecule has 2 nitrogen and oxygen atoms in total. The van der Waals surface area contributed by atoms with Gasteiger partial charge in [0, 0.05) is 19.5 Å². The summed E-state index contributed by atoms with van der Waals surface area (Å²) in [6, 6.07) is 3.88. The van der Waals surface area contributed by atoms with E-state index in [0.29, 0.717) is 0 Å². The summed E-state index contributed by atoms with van der Waals surface area (Å²) in [6.07, 6.45) is 13.1. The lowest BCUT2D eigenvalue weighted by Crippen LogP contribution is -2.25. The second-order valence-electron chi connectivity index (χ2n) is 2.88. The highest BCUT2D eigenvalue weighted by Gasteiger charge is 1.77. The number of hydrogen-bond donors (Lipinski definition) is 0. The van der Waals surface area contributed by atoms with Crippen molar-refractivity contribution in [1.82, 2.24) is 4.98 Å². The topological polar surface area (TPSA) is 25.2 Å². The fourth-order valence-electron chi connectivity index (χ4n) is 1.03. The molecule has 15 heavy (non-hydrogen) atoms. The molecule has 0 amide bonds. The summed E-state index contributed by atoms with van der Waals surface area (Å²) in [5.74, 6) is 0. The highest BCUT2D eigenvalue weighted by atomic mass is 14.6. The van der Waals surface area contributed by atoms with E-state index < -0.39 is 0 Å². The Balaban J connectivity index is 2.74. The SMILES string of the molecule is C=c1nccc/c1=C/C=C/C=C\C=N/C. The van der Waals surface area contributed by atoms with Gasteiger partial charge in [-0.1, -0.05) is 36.9 Å². The first-order valence-electron chi connectivity index (χ1n) is 4.70. The van der Waals surface area contributed by atoms with Crippen molar-refractivity contribution >= 4 is 18.9 Å². The van der Waals surface area contributed by atoms with Crippen molar-refractivity contribution in [1.29, 1.82) is 0 Å². The normalized spacial score (nSPS) is 13.5. The molecule has 0 bridgehead atoms. The van der Waals surface area contributed by atoms with E-state index in [-0.39, 0.29) is 0 Å². The Bertz CT molecular complexity index is 482. The monoisotopic (exact) mass is 198 g/mol. The lowest BCUT2D eigenvalue weighted by molar-refractivity contribution is 1.23. The molecule has 2 heteroatoms. The van der Waals surface area contributed by atoms with Gasteiger partial charge >= 0.3 is 0 Å². The molecule has 0 unspecified atom stereocenters. The van der Waals surface area contributed by atoms with E-state index >= 15 is 0 Å². The van der Waals surface area contributed by atoms with Crippen LogP contribution in [0.15, 0.2) is 47.6 Å². The number of allylic oxidation sites excluding steroid dienone is 4. The maximum absolute atomic E-state index is 4.09. The van der Waals surface area contributed by atoms with E-state index in [4.69, 9.17) is 0 Å². The highest BCUT2D eigenvalue weighted by Crippen LogP contribution is 1.77. The predicted octanol–water partition coefficient (Wildman–Crippen LogP) is 1.09. The van der Waals surface area contributed by atoms with Gasteiger partial charge in [-0.15, -0.1) is 0 Å². The Kier molecular flexibility index (Phi) is 4.81. The van der Waals surface area contributed by atoms with Gasteiger partial charge in [-0.25, -0.2) is 0 Å². The Morgan fingerprint density at radius 3 is 2.80 bits per heavy atom. The molecule has 0 atom stereocenters. The quantitative estimate of drug-likeness (QED) is 0.527. The minimum absolute atomic E-state index is 0.793. The third-order valence-corrected chi connectivity index (χ3v) is 1.77. The molecule has 0 aliphatic rings. The van der Waals surface area contributed by atoms with Crippen LogP contribution in [0.3, 0.4) is 0 Å². The number of hydrogen-bond acceptors (Lipinski definition) is 2. The van der Waals surface area contributed by atoms with Gasteiger partial charge in [0.15, 0.2) is 0 Å². The minimum Gasteiger partial charge on any atom is -0.297 e. The summed E-state index contributed by atoms with van der Waals surface area (Å²) < 4.78 is 0. The molecule has 0 saturated heterocycles. The summed E-state index contributed by atoms with van der Waals surface area (Å²) in [5.41, 5.74) is 0. The van der Waals surface area contributed by atoms with Gasteiger partial charge in [-0.05, 0) is 17.4 Å². The molecular formula is C13H14N2. The second kappa shape index (κ2) is 6.49. The zero-order valence-electron chi connectivity index (χ0n) is 8.80. The van der Waals surface area contributed by atoms with Crippen LogP contribution in [0.5, 0.6) is 0 Å². The lowest BCUT2D eigenvalue weighted by atomic mass is 10.3. The number of rotatable bonds is 3. The fourth-order valence-corrected chi connectivity index (χ4v) is 1.03. The van der Waals surface area contributed by atoms with Crippen molar-refractivity contribution < 1.29 is 0 Å². The summed E-state index contributed by atoms with van der Waals surface area (Å²) in [6.45, 7) is 3.83. The van der Waals surface area contributed by atoms with E-state index in [1.165, 1.54) is 0 Å². The molecule has 0 aliphatic carbocycles. The molecule has 0 N–H and O–H groups in total. The lowest BCUT2D eigenvalue weighted by Gasteiger charge is -1.84. The van der Waals surface area contributed by atoms with Gasteiger partial charge in [0.05, 0.1) is 5.35 Å². The summed E-state index contributed by atoms with van der Waals surface area (Å²) >= 11 is 0. The molecule has 0 aromatic carbocycles.